The Bertz CT molecular complexity index is 933. The van der Waals surface area contributed by atoms with Crippen LogP contribution in [0.25, 0.3) is 22.8 Å². The van der Waals surface area contributed by atoms with Gasteiger partial charge in [0.15, 0.2) is 0 Å². The third kappa shape index (κ3) is 3.72. The molecule has 0 unspecified atom stereocenters. The standard InChI is InChI=1S/C24H22/c1-3-4-6-9-22-16-17-23(20-14-12-19(2)13-15-20)18-24(22)21-10-7-5-8-11-21/h3-10,12-18H,1,11H2,2H3/b6-4-,22-9+,24-21-. The molecule has 0 nitrogen and oxygen atoms in total. The summed E-state index contributed by atoms with van der Waals surface area (Å²) in [6.07, 6.45) is 17.6. The lowest BCUT2D eigenvalue weighted by molar-refractivity contribution is 1.35. The van der Waals surface area contributed by atoms with Crippen LogP contribution in [0.3, 0.4) is 0 Å². The Kier molecular flexibility index (Phi) is 5.08. The Morgan fingerprint density at radius 1 is 0.917 bits per heavy atom. The zero-order valence-electron chi connectivity index (χ0n) is 14.1. The lowest BCUT2D eigenvalue weighted by atomic mass is 9.98. The zero-order chi connectivity index (χ0) is 16.8. The highest BCUT2D eigenvalue weighted by Gasteiger charge is 2.01. The summed E-state index contributed by atoms with van der Waals surface area (Å²) in [6, 6.07) is 15.4. The molecule has 0 amide bonds. The lowest BCUT2D eigenvalue weighted by Crippen LogP contribution is -2.26. The lowest BCUT2D eigenvalue weighted by Gasteiger charge is -2.07. The molecule has 0 saturated carbocycles. The van der Waals surface area contributed by atoms with Gasteiger partial charge in [-0.05, 0) is 46.5 Å². The van der Waals surface area contributed by atoms with Crippen molar-refractivity contribution in [2.24, 2.45) is 0 Å². The van der Waals surface area contributed by atoms with Crippen molar-refractivity contribution in [3.63, 3.8) is 0 Å². The van der Waals surface area contributed by atoms with E-state index in [1.807, 2.05) is 12.2 Å². The molecule has 3 rings (SSSR count). The van der Waals surface area contributed by atoms with Crippen molar-refractivity contribution in [2.75, 3.05) is 0 Å². The molecule has 0 spiro atoms. The highest BCUT2D eigenvalue weighted by Crippen LogP contribution is 2.18. The summed E-state index contributed by atoms with van der Waals surface area (Å²) in [7, 11) is 0. The van der Waals surface area contributed by atoms with Crippen molar-refractivity contribution in [1.29, 1.82) is 0 Å². The van der Waals surface area contributed by atoms with Crippen LogP contribution in [0.4, 0.5) is 0 Å². The van der Waals surface area contributed by atoms with Crippen molar-refractivity contribution in [2.45, 2.75) is 13.3 Å². The average Bonchev–Trinajstić information content (AvgIpc) is 2.63. The second kappa shape index (κ2) is 7.61. The topological polar surface area (TPSA) is 0 Å². The first kappa shape index (κ1) is 16.0. The van der Waals surface area contributed by atoms with Gasteiger partial charge in [0.1, 0.15) is 0 Å². The molecule has 0 aromatic heterocycles. The molecule has 0 heteroatoms. The highest BCUT2D eigenvalue weighted by molar-refractivity contribution is 5.68. The number of benzene rings is 2. The molecule has 0 fully saturated rings. The molecule has 0 atom stereocenters. The van der Waals surface area contributed by atoms with E-state index in [1.165, 1.54) is 32.7 Å². The van der Waals surface area contributed by atoms with E-state index >= 15 is 0 Å². The monoisotopic (exact) mass is 310 g/mol. The smallest absolute Gasteiger partial charge is 0.00882 e. The molecule has 1 aliphatic carbocycles. The summed E-state index contributed by atoms with van der Waals surface area (Å²) in [5.41, 5.74) is 5.15. The van der Waals surface area contributed by atoms with Gasteiger partial charge >= 0.3 is 0 Å². The zero-order valence-corrected chi connectivity index (χ0v) is 14.1. The number of hydrogen-bond donors (Lipinski definition) is 0. The van der Waals surface area contributed by atoms with Gasteiger partial charge in [0.2, 0.25) is 0 Å². The Morgan fingerprint density at radius 3 is 2.42 bits per heavy atom. The van der Waals surface area contributed by atoms with E-state index < -0.39 is 0 Å². The van der Waals surface area contributed by atoms with Crippen molar-refractivity contribution in [1.82, 2.24) is 0 Å². The molecule has 0 aliphatic heterocycles. The Hall–Kier alpha value is -2.86. The van der Waals surface area contributed by atoms with E-state index in [2.05, 4.69) is 86.3 Å². The van der Waals surface area contributed by atoms with E-state index in [9.17, 15) is 0 Å². The molecule has 2 aromatic rings. The van der Waals surface area contributed by atoms with Crippen molar-refractivity contribution in [3.05, 3.63) is 108 Å². The van der Waals surface area contributed by atoms with Crippen molar-refractivity contribution < 1.29 is 0 Å². The van der Waals surface area contributed by atoms with E-state index in [4.69, 9.17) is 0 Å². The largest absolute Gasteiger partial charge is 0.0991 e. The number of allylic oxidation sites excluding steroid dienone is 7. The minimum Gasteiger partial charge on any atom is -0.0991 e. The van der Waals surface area contributed by atoms with Gasteiger partial charge in [-0.15, -0.1) is 0 Å². The van der Waals surface area contributed by atoms with Crippen LogP contribution in [0.5, 0.6) is 0 Å². The molecule has 2 aromatic carbocycles. The maximum Gasteiger partial charge on any atom is -0.00882 e. The highest BCUT2D eigenvalue weighted by atomic mass is 14.1. The molecule has 0 radical (unpaired) electrons. The Balaban J connectivity index is 2.20. The van der Waals surface area contributed by atoms with Gasteiger partial charge in [-0.25, -0.2) is 0 Å². The molecule has 0 heterocycles. The molecular formula is C24H22. The van der Waals surface area contributed by atoms with Crippen LogP contribution in [0, 0.1) is 6.92 Å². The predicted octanol–water partition coefficient (Wildman–Crippen LogP) is 4.85. The second-order valence-corrected chi connectivity index (χ2v) is 5.97. The van der Waals surface area contributed by atoms with E-state index in [1.54, 1.807) is 6.08 Å². The summed E-state index contributed by atoms with van der Waals surface area (Å²) >= 11 is 0. The van der Waals surface area contributed by atoms with E-state index in [0.717, 1.165) is 6.42 Å². The van der Waals surface area contributed by atoms with Gasteiger partial charge < -0.3 is 0 Å². The fourth-order valence-electron chi connectivity index (χ4n) is 2.86. The van der Waals surface area contributed by atoms with E-state index in [0.29, 0.717) is 0 Å². The molecule has 0 bridgehead atoms. The van der Waals surface area contributed by atoms with Crippen LogP contribution in [0.1, 0.15) is 12.0 Å². The van der Waals surface area contributed by atoms with Crippen molar-refractivity contribution >= 4 is 11.6 Å². The third-order valence-electron chi connectivity index (χ3n) is 4.19. The van der Waals surface area contributed by atoms with Crippen molar-refractivity contribution in [3.8, 4) is 11.1 Å². The summed E-state index contributed by atoms with van der Waals surface area (Å²) in [4.78, 5) is 0. The molecule has 118 valence electrons. The second-order valence-electron chi connectivity index (χ2n) is 5.97. The number of rotatable bonds is 3. The van der Waals surface area contributed by atoms with Gasteiger partial charge in [-0.1, -0.05) is 97.1 Å². The summed E-state index contributed by atoms with van der Waals surface area (Å²) in [5.74, 6) is 0. The predicted molar refractivity (Wildman–Crippen MR) is 106 cm³/mol. The fourth-order valence-corrected chi connectivity index (χ4v) is 2.86. The maximum absolute atomic E-state index is 3.73. The van der Waals surface area contributed by atoms with Gasteiger partial charge in [0, 0.05) is 0 Å². The first-order chi connectivity index (χ1) is 11.8. The summed E-state index contributed by atoms with van der Waals surface area (Å²) in [5, 5.41) is 2.53. The SMILES string of the molecule is C=C\C=C/C=c1\ccc(-c2ccc(C)cc2)c\c1=C1/C=CC=CC1. The van der Waals surface area contributed by atoms with Crippen LogP contribution in [0.2, 0.25) is 0 Å². The minimum absolute atomic E-state index is 0.972. The van der Waals surface area contributed by atoms with Gasteiger partial charge in [-0.2, -0.15) is 0 Å². The summed E-state index contributed by atoms with van der Waals surface area (Å²) < 4.78 is 0. The quantitative estimate of drug-likeness (QED) is 0.711. The molecule has 0 saturated heterocycles. The number of hydrogen-bond acceptors (Lipinski definition) is 0. The molecule has 1 aliphatic rings. The van der Waals surface area contributed by atoms with Crippen LogP contribution >= 0.6 is 0 Å². The molecular weight excluding hydrogens is 288 g/mol. The number of aryl methyl sites for hydroxylation is 1. The summed E-state index contributed by atoms with van der Waals surface area (Å²) in [6.45, 7) is 5.85. The third-order valence-corrected chi connectivity index (χ3v) is 4.19. The van der Waals surface area contributed by atoms with Gasteiger partial charge in [0.25, 0.3) is 0 Å². The van der Waals surface area contributed by atoms with Gasteiger partial charge in [0.05, 0.1) is 0 Å². The van der Waals surface area contributed by atoms with Gasteiger partial charge in [-0.3, -0.25) is 0 Å². The first-order valence-corrected chi connectivity index (χ1v) is 8.31. The van der Waals surface area contributed by atoms with Crippen LogP contribution in [0.15, 0.2) is 91.6 Å². The van der Waals surface area contributed by atoms with Crippen LogP contribution in [-0.4, -0.2) is 0 Å². The van der Waals surface area contributed by atoms with E-state index in [-0.39, 0.29) is 0 Å². The average molecular weight is 310 g/mol. The normalized spacial score (nSPS) is 16.8. The van der Waals surface area contributed by atoms with Crippen LogP contribution < -0.4 is 10.4 Å². The fraction of sp³-hybridized carbons (Fsp3) is 0.0833. The van der Waals surface area contributed by atoms with Crippen LogP contribution in [-0.2, 0) is 0 Å². The maximum atomic E-state index is 3.73. The Labute approximate surface area is 144 Å². The molecule has 24 heavy (non-hydrogen) atoms. The minimum atomic E-state index is 0.972. The Morgan fingerprint density at radius 2 is 1.71 bits per heavy atom. The molecule has 0 N–H and O–H groups in total. The first-order valence-electron chi connectivity index (χ1n) is 8.31.